The maximum atomic E-state index is 6.45. The van der Waals surface area contributed by atoms with Gasteiger partial charge in [-0.2, -0.15) is 5.10 Å². The number of nitrogens with one attached hydrogen (secondary N) is 2. The molecule has 0 radical (unpaired) electrons. The summed E-state index contributed by atoms with van der Waals surface area (Å²) >= 11 is 6.45. The fourth-order valence-corrected chi connectivity index (χ4v) is 3.02. The number of benzene rings is 1. The summed E-state index contributed by atoms with van der Waals surface area (Å²) in [5, 5.41) is 11.2. The predicted molar refractivity (Wildman–Crippen MR) is 91.7 cm³/mol. The van der Waals surface area contributed by atoms with E-state index in [1.165, 1.54) is 0 Å². The Bertz CT molecular complexity index is 828. The lowest BCUT2D eigenvalue weighted by Gasteiger charge is -2.29. The number of aromatic nitrogens is 3. The van der Waals surface area contributed by atoms with E-state index in [-0.39, 0.29) is 0 Å². The summed E-state index contributed by atoms with van der Waals surface area (Å²) in [6, 6.07) is 9.75. The molecule has 2 N–H and O–H groups in total. The number of H-pyrrole nitrogens is 1. The Morgan fingerprint density at radius 2 is 2.09 bits per heavy atom. The number of nitrogens with zero attached hydrogens (tertiary/aromatic N) is 3. The summed E-state index contributed by atoms with van der Waals surface area (Å²) in [6.45, 7) is 3.20. The number of hydrogen-bond acceptors (Lipinski definition) is 5. The van der Waals surface area contributed by atoms with Crippen LogP contribution in [-0.4, -0.2) is 41.5 Å². The zero-order chi connectivity index (χ0) is 15.6. The van der Waals surface area contributed by atoms with Crippen LogP contribution >= 0.6 is 11.6 Å². The molecule has 23 heavy (non-hydrogen) atoms. The van der Waals surface area contributed by atoms with Crippen LogP contribution in [0.4, 0.5) is 17.2 Å². The summed E-state index contributed by atoms with van der Waals surface area (Å²) in [4.78, 5) is 6.58. The Hall–Kier alpha value is -2.31. The summed E-state index contributed by atoms with van der Waals surface area (Å²) < 4.78 is 5.38. The molecule has 3 heterocycles. The highest BCUT2D eigenvalue weighted by Crippen LogP contribution is 2.31. The van der Waals surface area contributed by atoms with E-state index in [9.17, 15) is 0 Å². The number of hydrogen-bond donors (Lipinski definition) is 2. The lowest BCUT2D eigenvalue weighted by atomic mass is 10.2. The SMILES string of the molecule is Clc1cc(Nc2n[nH]c3cccnc23)ccc1N1CCOCC1. The van der Waals surface area contributed by atoms with Crippen LogP contribution in [0.25, 0.3) is 11.0 Å². The van der Waals surface area contributed by atoms with Crippen molar-refractivity contribution in [2.45, 2.75) is 0 Å². The summed E-state index contributed by atoms with van der Waals surface area (Å²) in [5.74, 6) is 0.691. The van der Waals surface area contributed by atoms with Crippen molar-refractivity contribution in [1.29, 1.82) is 0 Å². The molecule has 1 saturated heterocycles. The highest BCUT2D eigenvalue weighted by atomic mass is 35.5. The van der Waals surface area contributed by atoms with E-state index in [1.807, 2.05) is 30.3 Å². The Morgan fingerprint density at radius 3 is 2.91 bits per heavy atom. The monoisotopic (exact) mass is 329 g/mol. The average Bonchev–Trinajstić information content (AvgIpc) is 2.99. The van der Waals surface area contributed by atoms with Gasteiger partial charge >= 0.3 is 0 Å². The number of pyridine rings is 1. The fourth-order valence-electron chi connectivity index (χ4n) is 2.72. The zero-order valence-electron chi connectivity index (χ0n) is 12.4. The van der Waals surface area contributed by atoms with Crippen LogP contribution in [0.1, 0.15) is 0 Å². The second kappa shape index (κ2) is 6.06. The van der Waals surface area contributed by atoms with E-state index in [2.05, 4.69) is 25.4 Å². The highest BCUT2D eigenvalue weighted by molar-refractivity contribution is 6.33. The van der Waals surface area contributed by atoms with Crippen LogP contribution in [0.15, 0.2) is 36.5 Å². The number of halogens is 1. The van der Waals surface area contributed by atoms with Gasteiger partial charge in [0.05, 0.1) is 29.4 Å². The van der Waals surface area contributed by atoms with Gasteiger partial charge in [-0.3, -0.25) is 10.1 Å². The van der Waals surface area contributed by atoms with Gasteiger partial charge in [-0.25, -0.2) is 0 Å². The van der Waals surface area contributed by atoms with Crippen LogP contribution in [0.2, 0.25) is 5.02 Å². The molecular weight excluding hydrogens is 314 g/mol. The van der Waals surface area contributed by atoms with Crippen LogP contribution in [-0.2, 0) is 4.74 Å². The summed E-state index contributed by atoms with van der Waals surface area (Å²) in [5.41, 5.74) is 3.61. The van der Waals surface area contributed by atoms with E-state index < -0.39 is 0 Å². The number of morpholine rings is 1. The second-order valence-corrected chi connectivity index (χ2v) is 5.77. The van der Waals surface area contributed by atoms with Gasteiger partial charge in [-0.1, -0.05) is 11.6 Å². The standard InChI is InChI=1S/C16H16ClN5O/c17-12-10-11(3-4-14(12)22-6-8-23-9-7-22)19-16-15-13(20-21-16)2-1-5-18-15/h1-5,10H,6-9H2,(H2,19,20,21). The number of ether oxygens (including phenoxy) is 1. The molecule has 0 bridgehead atoms. The van der Waals surface area contributed by atoms with Crippen molar-refractivity contribution >= 4 is 39.8 Å². The quantitative estimate of drug-likeness (QED) is 0.772. The van der Waals surface area contributed by atoms with E-state index in [0.717, 1.165) is 48.7 Å². The van der Waals surface area contributed by atoms with Crippen LogP contribution in [0.3, 0.4) is 0 Å². The molecule has 2 aromatic heterocycles. The van der Waals surface area contributed by atoms with Crippen LogP contribution in [0, 0.1) is 0 Å². The minimum absolute atomic E-state index is 0.691. The van der Waals surface area contributed by atoms with Gasteiger partial charge in [0, 0.05) is 25.0 Å². The molecule has 0 saturated carbocycles. The van der Waals surface area contributed by atoms with Gasteiger partial charge in [0.1, 0.15) is 5.52 Å². The third kappa shape index (κ3) is 2.83. The third-order valence-electron chi connectivity index (χ3n) is 3.88. The smallest absolute Gasteiger partial charge is 0.178 e. The molecule has 1 aromatic carbocycles. The van der Waals surface area contributed by atoms with Crippen molar-refractivity contribution in [3.05, 3.63) is 41.6 Å². The Balaban J connectivity index is 1.59. The fraction of sp³-hybridized carbons (Fsp3) is 0.250. The molecule has 1 fully saturated rings. The minimum Gasteiger partial charge on any atom is -0.378 e. The number of aromatic amines is 1. The Kier molecular flexibility index (Phi) is 3.77. The molecule has 4 rings (SSSR count). The molecule has 0 unspecified atom stereocenters. The first-order valence-corrected chi connectivity index (χ1v) is 7.87. The van der Waals surface area contributed by atoms with Gasteiger partial charge in [-0.15, -0.1) is 0 Å². The van der Waals surface area contributed by atoms with E-state index >= 15 is 0 Å². The number of anilines is 3. The van der Waals surface area contributed by atoms with Crippen LogP contribution < -0.4 is 10.2 Å². The van der Waals surface area contributed by atoms with Gasteiger partial charge in [0.25, 0.3) is 0 Å². The van der Waals surface area contributed by atoms with E-state index in [1.54, 1.807) is 6.20 Å². The largest absolute Gasteiger partial charge is 0.378 e. The molecule has 1 aliphatic heterocycles. The zero-order valence-corrected chi connectivity index (χ0v) is 13.2. The van der Waals surface area contributed by atoms with Crippen LogP contribution in [0.5, 0.6) is 0 Å². The van der Waals surface area contributed by atoms with E-state index in [4.69, 9.17) is 16.3 Å². The third-order valence-corrected chi connectivity index (χ3v) is 4.19. The van der Waals surface area contributed by atoms with Gasteiger partial charge in [-0.05, 0) is 30.3 Å². The highest BCUT2D eigenvalue weighted by Gasteiger charge is 2.15. The lowest BCUT2D eigenvalue weighted by Crippen LogP contribution is -2.36. The number of fused-ring (bicyclic) bond motifs is 1. The Morgan fingerprint density at radius 1 is 1.22 bits per heavy atom. The maximum Gasteiger partial charge on any atom is 0.178 e. The van der Waals surface area contributed by atoms with Crippen molar-refractivity contribution in [2.75, 3.05) is 36.5 Å². The molecule has 1 aliphatic rings. The molecule has 6 nitrogen and oxygen atoms in total. The maximum absolute atomic E-state index is 6.45. The molecule has 7 heteroatoms. The molecule has 0 aliphatic carbocycles. The minimum atomic E-state index is 0.691. The van der Waals surface area contributed by atoms with Gasteiger partial charge < -0.3 is 15.0 Å². The first-order valence-electron chi connectivity index (χ1n) is 7.49. The first-order chi connectivity index (χ1) is 11.3. The average molecular weight is 330 g/mol. The number of rotatable bonds is 3. The molecule has 0 atom stereocenters. The van der Waals surface area contributed by atoms with Crippen molar-refractivity contribution in [3.8, 4) is 0 Å². The van der Waals surface area contributed by atoms with Crippen molar-refractivity contribution in [3.63, 3.8) is 0 Å². The van der Waals surface area contributed by atoms with Crippen molar-refractivity contribution in [2.24, 2.45) is 0 Å². The molecule has 3 aromatic rings. The molecule has 0 spiro atoms. The van der Waals surface area contributed by atoms with Crippen molar-refractivity contribution in [1.82, 2.24) is 15.2 Å². The van der Waals surface area contributed by atoms with E-state index in [0.29, 0.717) is 10.8 Å². The predicted octanol–water partition coefficient (Wildman–Crippen LogP) is 3.19. The molecular formula is C16H16ClN5O. The van der Waals surface area contributed by atoms with Gasteiger partial charge in [0.15, 0.2) is 5.82 Å². The van der Waals surface area contributed by atoms with Gasteiger partial charge in [0.2, 0.25) is 0 Å². The summed E-state index contributed by atoms with van der Waals surface area (Å²) in [6.07, 6.45) is 1.75. The second-order valence-electron chi connectivity index (χ2n) is 5.36. The first kappa shape index (κ1) is 14.3. The molecule has 0 amide bonds. The summed E-state index contributed by atoms with van der Waals surface area (Å²) in [7, 11) is 0. The normalized spacial score (nSPS) is 15.1. The van der Waals surface area contributed by atoms with Crippen molar-refractivity contribution < 1.29 is 4.74 Å². The Labute approximate surface area is 138 Å². The molecule has 118 valence electrons. The lowest BCUT2D eigenvalue weighted by molar-refractivity contribution is 0.122. The topological polar surface area (TPSA) is 66.1 Å².